The number of rotatable bonds is 3. The van der Waals surface area contributed by atoms with Gasteiger partial charge in [-0.05, 0) is 44.7 Å². The van der Waals surface area contributed by atoms with Crippen LogP contribution < -0.4 is 5.32 Å². The van der Waals surface area contributed by atoms with Crippen LogP contribution in [0.25, 0.3) is 0 Å². The highest BCUT2D eigenvalue weighted by Crippen LogP contribution is 2.25. The molecule has 0 atom stereocenters. The summed E-state index contributed by atoms with van der Waals surface area (Å²) in [5.74, 6) is 1.90. The number of hydrogen-bond acceptors (Lipinski definition) is 3. The Morgan fingerprint density at radius 1 is 1.25 bits per heavy atom. The van der Waals surface area contributed by atoms with E-state index in [1.54, 1.807) is 0 Å². The monoisotopic (exact) mass is 290 g/mol. The zero-order valence-corrected chi connectivity index (χ0v) is 12.7. The minimum atomic E-state index is 0.697. The molecule has 3 rings (SSSR count). The Hall–Kier alpha value is -1.55. The van der Waals surface area contributed by atoms with Crippen LogP contribution in [0.3, 0.4) is 0 Å². The Labute approximate surface area is 124 Å². The number of anilines is 1. The van der Waals surface area contributed by atoms with Gasteiger partial charge in [0.05, 0.1) is 23.0 Å². The van der Waals surface area contributed by atoms with Crippen molar-refractivity contribution < 1.29 is 0 Å². The fourth-order valence-corrected chi connectivity index (χ4v) is 2.99. The lowest BCUT2D eigenvalue weighted by Gasteiger charge is -2.15. The van der Waals surface area contributed by atoms with E-state index in [1.165, 1.54) is 24.2 Å². The molecular formula is C15H19ClN4. The molecule has 2 aromatic rings. The summed E-state index contributed by atoms with van der Waals surface area (Å²) in [5.41, 5.74) is 3.52. The fraction of sp³-hybridized carbons (Fsp3) is 0.467. The van der Waals surface area contributed by atoms with Crippen LogP contribution in [-0.2, 0) is 19.4 Å². The molecule has 1 aliphatic carbocycles. The molecule has 106 valence electrons. The standard InChI is InChI=1S/C15H19ClN4/c1-10-18-12-5-3-4-6-14(12)20(10)9-13-11(16)7-8-15(17-2)19-13/h7-8H,3-6,9H2,1-2H3,(H,17,19). The molecule has 5 heteroatoms. The second kappa shape index (κ2) is 5.44. The first kappa shape index (κ1) is 13.4. The molecule has 2 heterocycles. The summed E-state index contributed by atoms with van der Waals surface area (Å²) >= 11 is 6.28. The average molecular weight is 291 g/mol. The van der Waals surface area contributed by atoms with Crippen LogP contribution in [0.15, 0.2) is 12.1 Å². The van der Waals surface area contributed by atoms with Crippen LogP contribution in [0, 0.1) is 6.92 Å². The van der Waals surface area contributed by atoms with Crippen molar-refractivity contribution in [3.8, 4) is 0 Å². The number of hydrogen-bond donors (Lipinski definition) is 1. The number of nitrogens with one attached hydrogen (secondary N) is 1. The van der Waals surface area contributed by atoms with Crippen molar-refractivity contribution >= 4 is 17.4 Å². The predicted octanol–water partition coefficient (Wildman–Crippen LogP) is 3.21. The number of imidazole rings is 1. The van der Waals surface area contributed by atoms with Gasteiger partial charge in [-0.2, -0.15) is 0 Å². The topological polar surface area (TPSA) is 42.7 Å². The average Bonchev–Trinajstić information content (AvgIpc) is 2.77. The van der Waals surface area contributed by atoms with Crippen LogP contribution in [0.5, 0.6) is 0 Å². The Kier molecular flexibility index (Phi) is 3.66. The summed E-state index contributed by atoms with van der Waals surface area (Å²) in [7, 11) is 1.87. The van der Waals surface area contributed by atoms with Crippen LogP contribution in [0.2, 0.25) is 5.02 Å². The molecule has 1 N–H and O–H groups in total. The Morgan fingerprint density at radius 2 is 2.05 bits per heavy atom. The molecule has 0 aliphatic heterocycles. The van der Waals surface area contributed by atoms with E-state index in [4.69, 9.17) is 16.6 Å². The summed E-state index contributed by atoms with van der Waals surface area (Å²) in [5, 5.41) is 3.77. The van der Waals surface area contributed by atoms with Gasteiger partial charge in [0.2, 0.25) is 0 Å². The molecule has 0 spiro atoms. The Balaban J connectivity index is 1.97. The van der Waals surface area contributed by atoms with Crippen molar-refractivity contribution in [3.05, 3.63) is 40.1 Å². The molecule has 4 nitrogen and oxygen atoms in total. The maximum Gasteiger partial charge on any atom is 0.126 e. The molecule has 0 saturated carbocycles. The Bertz CT molecular complexity index is 633. The second-order valence-corrected chi connectivity index (χ2v) is 5.63. The van der Waals surface area contributed by atoms with E-state index < -0.39 is 0 Å². The number of aromatic nitrogens is 3. The second-order valence-electron chi connectivity index (χ2n) is 5.22. The number of fused-ring (bicyclic) bond motifs is 1. The largest absolute Gasteiger partial charge is 0.373 e. The lowest BCUT2D eigenvalue weighted by Crippen LogP contribution is -2.12. The van der Waals surface area contributed by atoms with Crippen molar-refractivity contribution in [1.29, 1.82) is 0 Å². The minimum Gasteiger partial charge on any atom is -0.373 e. The highest BCUT2D eigenvalue weighted by atomic mass is 35.5. The van der Waals surface area contributed by atoms with Crippen molar-refractivity contribution in [2.75, 3.05) is 12.4 Å². The van der Waals surface area contributed by atoms with E-state index in [2.05, 4.69) is 21.8 Å². The van der Waals surface area contributed by atoms with E-state index in [1.807, 2.05) is 19.2 Å². The van der Waals surface area contributed by atoms with Gasteiger partial charge in [0.25, 0.3) is 0 Å². The normalized spacial score (nSPS) is 14.2. The van der Waals surface area contributed by atoms with Gasteiger partial charge in [-0.1, -0.05) is 11.6 Å². The van der Waals surface area contributed by atoms with Gasteiger partial charge in [0.1, 0.15) is 11.6 Å². The van der Waals surface area contributed by atoms with Crippen molar-refractivity contribution in [2.24, 2.45) is 0 Å². The maximum atomic E-state index is 6.28. The number of halogens is 1. The summed E-state index contributed by atoms with van der Waals surface area (Å²) in [6, 6.07) is 3.79. The van der Waals surface area contributed by atoms with Crippen molar-refractivity contribution in [3.63, 3.8) is 0 Å². The number of aryl methyl sites for hydroxylation is 2. The lowest BCUT2D eigenvalue weighted by molar-refractivity contribution is 0.620. The summed E-state index contributed by atoms with van der Waals surface area (Å²) in [4.78, 5) is 9.26. The van der Waals surface area contributed by atoms with Crippen LogP contribution >= 0.6 is 11.6 Å². The first-order valence-corrected chi connectivity index (χ1v) is 7.45. The van der Waals surface area contributed by atoms with Gasteiger partial charge in [0, 0.05) is 12.7 Å². The molecule has 2 aromatic heterocycles. The van der Waals surface area contributed by atoms with Crippen molar-refractivity contribution in [1.82, 2.24) is 14.5 Å². The van der Waals surface area contributed by atoms with Gasteiger partial charge < -0.3 is 9.88 Å². The first-order chi connectivity index (χ1) is 9.69. The molecule has 1 aliphatic rings. The summed E-state index contributed by atoms with van der Waals surface area (Å²) in [6.45, 7) is 2.76. The van der Waals surface area contributed by atoms with E-state index in [0.29, 0.717) is 11.6 Å². The molecular weight excluding hydrogens is 272 g/mol. The van der Waals surface area contributed by atoms with Gasteiger partial charge in [-0.3, -0.25) is 0 Å². The molecule has 0 bridgehead atoms. The van der Waals surface area contributed by atoms with Crippen LogP contribution in [-0.4, -0.2) is 21.6 Å². The van der Waals surface area contributed by atoms with E-state index in [9.17, 15) is 0 Å². The van der Waals surface area contributed by atoms with Gasteiger partial charge in [0.15, 0.2) is 0 Å². The number of pyridine rings is 1. The third-order valence-electron chi connectivity index (χ3n) is 3.91. The quantitative estimate of drug-likeness (QED) is 0.944. The lowest BCUT2D eigenvalue weighted by atomic mass is 10.0. The summed E-state index contributed by atoms with van der Waals surface area (Å²) < 4.78 is 2.27. The van der Waals surface area contributed by atoms with E-state index in [-0.39, 0.29) is 0 Å². The first-order valence-electron chi connectivity index (χ1n) is 7.07. The van der Waals surface area contributed by atoms with E-state index in [0.717, 1.165) is 30.2 Å². The van der Waals surface area contributed by atoms with Gasteiger partial charge in [-0.15, -0.1) is 0 Å². The number of nitrogens with zero attached hydrogens (tertiary/aromatic N) is 3. The fourth-order valence-electron chi connectivity index (χ4n) is 2.83. The molecule has 0 unspecified atom stereocenters. The molecule has 0 amide bonds. The van der Waals surface area contributed by atoms with Crippen LogP contribution in [0.4, 0.5) is 5.82 Å². The molecule has 20 heavy (non-hydrogen) atoms. The maximum absolute atomic E-state index is 6.28. The third kappa shape index (κ3) is 2.40. The van der Waals surface area contributed by atoms with Crippen LogP contribution in [0.1, 0.15) is 35.7 Å². The van der Waals surface area contributed by atoms with Gasteiger partial charge >= 0.3 is 0 Å². The highest BCUT2D eigenvalue weighted by Gasteiger charge is 2.19. The zero-order chi connectivity index (χ0) is 14.1. The molecule has 0 saturated heterocycles. The Morgan fingerprint density at radius 3 is 2.85 bits per heavy atom. The highest BCUT2D eigenvalue weighted by molar-refractivity contribution is 6.31. The minimum absolute atomic E-state index is 0.697. The molecule has 0 fully saturated rings. The van der Waals surface area contributed by atoms with Gasteiger partial charge in [-0.25, -0.2) is 9.97 Å². The molecule has 0 radical (unpaired) electrons. The third-order valence-corrected chi connectivity index (χ3v) is 4.25. The zero-order valence-electron chi connectivity index (χ0n) is 11.9. The van der Waals surface area contributed by atoms with E-state index >= 15 is 0 Å². The summed E-state index contributed by atoms with van der Waals surface area (Å²) in [6.07, 6.45) is 4.70. The smallest absolute Gasteiger partial charge is 0.126 e. The van der Waals surface area contributed by atoms with Crippen molar-refractivity contribution in [2.45, 2.75) is 39.2 Å². The molecule has 0 aromatic carbocycles. The predicted molar refractivity (Wildman–Crippen MR) is 81.5 cm³/mol. The SMILES string of the molecule is CNc1ccc(Cl)c(Cn2c(C)nc3c2CCCC3)n1.